The molecule has 0 radical (unpaired) electrons. The van der Waals surface area contributed by atoms with Crippen molar-refractivity contribution in [2.75, 3.05) is 0 Å². The van der Waals surface area contributed by atoms with Gasteiger partial charge in [-0.3, -0.25) is 14.4 Å². The summed E-state index contributed by atoms with van der Waals surface area (Å²) >= 11 is 0. The van der Waals surface area contributed by atoms with E-state index in [1.807, 2.05) is 20.8 Å². The number of fused-ring (bicyclic) bond motifs is 3. The van der Waals surface area contributed by atoms with Gasteiger partial charge < -0.3 is 19.3 Å². The summed E-state index contributed by atoms with van der Waals surface area (Å²) in [5, 5.41) is 10.9. The molecule has 9 atom stereocenters. The summed E-state index contributed by atoms with van der Waals surface area (Å²) in [6.45, 7) is 12.0. The molecule has 4 saturated carbocycles. The topological polar surface area (TPSA) is 99.1 Å². The van der Waals surface area contributed by atoms with Crippen LogP contribution >= 0.6 is 0 Å². The van der Waals surface area contributed by atoms with Crippen LogP contribution in [0.5, 0.6) is 0 Å². The predicted octanol–water partition coefficient (Wildman–Crippen LogP) is 2.09. The third kappa shape index (κ3) is 2.85. The number of carbonyl (C=O) groups is 3. The molecule has 0 spiro atoms. The Morgan fingerprint density at radius 3 is 1.79 bits per heavy atom. The number of ether oxygens (including phenoxy) is 3. The van der Waals surface area contributed by atoms with Crippen LogP contribution in [-0.4, -0.2) is 47.4 Å². The van der Waals surface area contributed by atoms with E-state index in [2.05, 4.69) is 6.92 Å². The molecule has 0 aromatic heterocycles. The van der Waals surface area contributed by atoms with Gasteiger partial charge >= 0.3 is 17.9 Å². The van der Waals surface area contributed by atoms with Gasteiger partial charge in [-0.15, -0.1) is 0 Å². The maximum Gasteiger partial charge on any atom is 0.303 e. The van der Waals surface area contributed by atoms with Crippen molar-refractivity contribution < 1.29 is 33.7 Å². The highest BCUT2D eigenvalue weighted by atomic mass is 16.6. The smallest absolute Gasteiger partial charge is 0.303 e. The molecule has 4 bridgehead atoms. The lowest BCUT2D eigenvalue weighted by atomic mass is 9.35. The standard InChI is InChI=1S/C21H32O7/c1-9-8-13(25)15-16-14(9)21(15,7)19(28-12(4)24)17(26-10(2)22)18(20(16,5)6)27-11(3)23/h9,13-19,25H,8H2,1-7H3/t9-,13+,14-,15+,16-,17+,18+,19+,21-/m0/s1. The van der Waals surface area contributed by atoms with Crippen LogP contribution in [0.2, 0.25) is 0 Å². The second-order valence-electron chi connectivity index (χ2n) is 9.68. The largest absolute Gasteiger partial charge is 0.458 e. The summed E-state index contributed by atoms with van der Waals surface area (Å²) in [4.78, 5) is 35.9. The van der Waals surface area contributed by atoms with Crippen molar-refractivity contribution in [3.05, 3.63) is 0 Å². The first-order chi connectivity index (χ1) is 12.8. The Kier molecular flexibility index (Phi) is 5.06. The Hall–Kier alpha value is -1.63. The summed E-state index contributed by atoms with van der Waals surface area (Å²) in [5.41, 5.74) is -1.15. The van der Waals surface area contributed by atoms with E-state index in [0.29, 0.717) is 6.42 Å². The molecule has 0 aromatic rings. The van der Waals surface area contributed by atoms with Crippen molar-refractivity contribution in [3.63, 3.8) is 0 Å². The Bertz CT molecular complexity index is 668. The lowest BCUT2D eigenvalue weighted by molar-refractivity contribution is -0.286. The Morgan fingerprint density at radius 2 is 1.32 bits per heavy atom. The Labute approximate surface area is 166 Å². The van der Waals surface area contributed by atoms with Gasteiger partial charge in [0.05, 0.1) is 6.10 Å². The average molecular weight is 396 g/mol. The molecule has 0 saturated heterocycles. The number of hydrogen-bond acceptors (Lipinski definition) is 7. The second kappa shape index (κ2) is 6.71. The van der Waals surface area contributed by atoms with Gasteiger partial charge in [0, 0.05) is 31.6 Å². The zero-order chi connectivity index (χ0) is 21.2. The third-order valence-electron chi connectivity index (χ3n) is 7.54. The summed E-state index contributed by atoms with van der Waals surface area (Å²) in [6.07, 6.45) is -2.39. The molecule has 28 heavy (non-hydrogen) atoms. The van der Waals surface area contributed by atoms with Crippen molar-refractivity contribution in [2.24, 2.45) is 34.5 Å². The van der Waals surface area contributed by atoms with Gasteiger partial charge in [-0.1, -0.05) is 27.7 Å². The summed E-state index contributed by atoms with van der Waals surface area (Å²) in [6, 6.07) is 0. The molecular formula is C21H32O7. The van der Waals surface area contributed by atoms with Crippen LogP contribution in [0.1, 0.15) is 54.9 Å². The van der Waals surface area contributed by atoms with Crippen LogP contribution in [0.25, 0.3) is 0 Å². The van der Waals surface area contributed by atoms with Gasteiger partial charge in [0.25, 0.3) is 0 Å². The summed E-state index contributed by atoms with van der Waals surface area (Å²) in [5.74, 6) is -1.24. The van der Waals surface area contributed by atoms with Gasteiger partial charge in [0.15, 0.2) is 6.10 Å². The van der Waals surface area contributed by atoms with Gasteiger partial charge in [-0.25, -0.2) is 0 Å². The fourth-order valence-electron chi connectivity index (χ4n) is 6.91. The zero-order valence-corrected chi connectivity index (χ0v) is 17.7. The molecule has 0 unspecified atom stereocenters. The van der Waals surface area contributed by atoms with Crippen LogP contribution in [0.4, 0.5) is 0 Å². The Balaban J connectivity index is 2.20. The highest BCUT2D eigenvalue weighted by molar-refractivity contribution is 5.68. The molecule has 158 valence electrons. The van der Waals surface area contributed by atoms with E-state index in [-0.39, 0.29) is 23.7 Å². The van der Waals surface area contributed by atoms with Gasteiger partial charge in [0.1, 0.15) is 12.2 Å². The van der Waals surface area contributed by atoms with Crippen molar-refractivity contribution in [2.45, 2.75) is 79.3 Å². The first-order valence-corrected chi connectivity index (χ1v) is 10.0. The minimum Gasteiger partial charge on any atom is -0.458 e. The van der Waals surface area contributed by atoms with Crippen molar-refractivity contribution in [1.29, 1.82) is 0 Å². The maximum atomic E-state index is 12.0. The number of rotatable bonds is 3. The molecule has 0 heterocycles. The van der Waals surface area contributed by atoms with Gasteiger partial charge in [-0.05, 0) is 30.1 Å². The number of esters is 3. The summed E-state index contributed by atoms with van der Waals surface area (Å²) < 4.78 is 17.1. The van der Waals surface area contributed by atoms with E-state index < -0.39 is 53.2 Å². The first kappa shape index (κ1) is 21.1. The van der Waals surface area contributed by atoms with Crippen LogP contribution in [0.15, 0.2) is 0 Å². The molecule has 4 aliphatic rings. The number of aliphatic hydroxyl groups excluding tert-OH is 1. The van der Waals surface area contributed by atoms with E-state index in [4.69, 9.17) is 14.2 Å². The molecule has 0 amide bonds. The van der Waals surface area contributed by atoms with Crippen molar-refractivity contribution in [1.82, 2.24) is 0 Å². The molecule has 4 fully saturated rings. The van der Waals surface area contributed by atoms with E-state index in [1.165, 1.54) is 20.8 Å². The molecule has 0 aliphatic heterocycles. The van der Waals surface area contributed by atoms with Crippen LogP contribution in [-0.2, 0) is 28.6 Å². The summed E-state index contributed by atoms with van der Waals surface area (Å²) in [7, 11) is 0. The minimum atomic E-state index is -0.930. The maximum absolute atomic E-state index is 12.0. The minimum absolute atomic E-state index is 0.0548. The number of carbonyl (C=O) groups excluding carboxylic acids is 3. The van der Waals surface area contributed by atoms with Gasteiger partial charge in [-0.2, -0.15) is 0 Å². The monoisotopic (exact) mass is 396 g/mol. The lowest BCUT2D eigenvalue weighted by Gasteiger charge is -2.70. The Morgan fingerprint density at radius 1 is 0.821 bits per heavy atom. The number of aliphatic hydroxyl groups is 1. The molecule has 1 N–H and O–H groups in total. The molecular weight excluding hydrogens is 364 g/mol. The van der Waals surface area contributed by atoms with E-state index in [0.717, 1.165) is 0 Å². The van der Waals surface area contributed by atoms with Gasteiger partial charge in [0.2, 0.25) is 0 Å². The fourth-order valence-corrected chi connectivity index (χ4v) is 6.91. The molecule has 0 aromatic carbocycles. The van der Waals surface area contributed by atoms with Crippen LogP contribution in [0, 0.1) is 34.5 Å². The quantitative estimate of drug-likeness (QED) is 0.576. The van der Waals surface area contributed by atoms with Crippen LogP contribution in [0.3, 0.4) is 0 Å². The van der Waals surface area contributed by atoms with Crippen molar-refractivity contribution >= 4 is 17.9 Å². The molecule has 7 heteroatoms. The third-order valence-corrected chi connectivity index (χ3v) is 7.54. The fraction of sp³-hybridized carbons (Fsp3) is 0.857. The first-order valence-electron chi connectivity index (χ1n) is 10.0. The second-order valence-corrected chi connectivity index (χ2v) is 9.68. The SMILES string of the molecule is CC(=O)O[C@@H]1[C@@H](OC(C)=O)C(C)(C)[C@H]2[C@@H]3[C@@H](C)C[C@@H](O)[C@H]2[C@@]3(C)[C@@H]1OC(C)=O. The van der Waals surface area contributed by atoms with Crippen LogP contribution < -0.4 is 0 Å². The lowest BCUT2D eigenvalue weighted by Crippen LogP contribution is -2.72. The molecule has 7 nitrogen and oxygen atoms in total. The normalized spacial score (nSPS) is 45.9. The zero-order valence-electron chi connectivity index (χ0n) is 17.7. The highest BCUT2D eigenvalue weighted by Crippen LogP contribution is 2.74. The van der Waals surface area contributed by atoms with Crippen molar-refractivity contribution in [3.8, 4) is 0 Å². The molecule has 4 aliphatic carbocycles. The number of hydrogen-bond donors (Lipinski definition) is 1. The average Bonchev–Trinajstić information content (AvgIpc) is 2.59. The molecule has 4 rings (SSSR count). The highest BCUT2D eigenvalue weighted by Gasteiger charge is 2.78. The van der Waals surface area contributed by atoms with E-state index in [9.17, 15) is 19.5 Å². The predicted molar refractivity (Wildman–Crippen MR) is 98.8 cm³/mol. The van der Waals surface area contributed by atoms with E-state index >= 15 is 0 Å². The van der Waals surface area contributed by atoms with E-state index in [1.54, 1.807) is 0 Å².